The van der Waals surface area contributed by atoms with Gasteiger partial charge in [-0.3, -0.25) is 9.79 Å². The summed E-state index contributed by atoms with van der Waals surface area (Å²) < 4.78 is 50.9. The number of carbonyl (C=O) groups excluding carboxylic acids is 1. The number of aliphatic imine (C=N–C) groups is 1. The van der Waals surface area contributed by atoms with E-state index >= 15 is 0 Å². The third kappa shape index (κ3) is 6.00. The molecule has 30 heavy (non-hydrogen) atoms. The zero-order valence-electron chi connectivity index (χ0n) is 15.7. The number of carbonyl (C=O) groups is 1. The highest BCUT2D eigenvalue weighted by Crippen LogP contribution is 2.25. The number of hydrogen-bond acceptors (Lipinski definition) is 7. The zero-order valence-corrected chi connectivity index (χ0v) is 15.7. The molecule has 0 spiro atoms. The standard InChI is InChI=1S/C19H19F3N4O4/c20-19(21,22)30-15-4-2-14(3-5-15)28-12-17-25-16(11-29-17)18(27)26-9-6-13(10-26)24-8-1-7-23/h1-5,7-8,11,13H,6,9-10,12,23H2/b7-1-,24-8?. The fourth-order valence-corrected chi connectivity index (χ4v) is 2.79. The van der Waals surface area contributed by atoms with Crippen molar-refractivity contribution in [3.63, 3.8) is 0 Å². The van der Waals surface area contributed by atoms with Gasteiger partial charge >= 0.3 is 6.36 Å². The van der Waals surface area contributed by atoms with Gasteiger partial charge in [0.2, 0.25) is 5.89 Å². The van der Waals surface area contributed by atoms with Crippen molar-refractivity contribution in [1.29, 1.82) is 0 Å². The smallest absolute Gasteiger partial charge is 0.484 e. The molecule has 2 heterocycles. The van der Waals surface area contributed by atoms with Gasteiger partial charge in [-0.05, 0) is 43.0 Å². The molecule has 8 nitrogen and oxygen atoms in total. The average molecular weight is 424 g/mol. The second-order valence-corrected chi connectivity index (χ2v) is 6.31. The summed E-state index contributed by atoms with van der Waals surface area (Å²) >= 11 is 0. The fourth-order valence-electron chi connectivity index (χ4n) is 2.79. The van der Waals surface area contributed by atoms with Crippen LogP contribution >= 0.6 is 0 Å². The third-order valence-electron chi connectivity index (χ3n) is 4.14. The zero-order chi connectivity index (χ0) is 21.6. The number of allylic oxidation sites excluding steroid dienone is 1. The molecular weight excluding hydrogens is 405 g/mol. The Kier molecular flexibility index (Phi) is 6.60. The molecule has 2 N–H and O–H groups in total. The molecule has 160 valence electrons. The van der Waals surface area contributed by atoms with Gasteiger partial charge in [-0.2, -0.15) is 0 Å². The van der Waals surface area contributed by atoms with Gasteiger partial charge in [0.25, 0.3) is 5.91 Å². The van der Waals surface area contributed by atoms with E-state index in [9.17, 15) is 18.0 Å². The van der Waals surface area contributed by atoms with Crippen LogP contribution in [0.2, 0.25) is 0 Å². The van der Waals surface area contributed by atoms with E-state index in [1.165, 1.54) is 24.6 Å². The van der Waals surface area contributed by atoms with Crippen LogP contribution in [-0.4, -0.2) is 47.5 Å². The molecule has 3 rings (SSSR count). The predicted molar refractivity (Wildman–Crippen MR) is 100 cm³/mol. The Bertz CT molecular complexity index is 909. The highest BCUT2D eigenvalue weighted by atomic mass is 19.4. The predicted octanol–water partition coefficient (Wildman–Crippen LogP) is 2.91. The Labute approximate surface area is 169 Å². The minimum Gasteiger partial charge on any atom is -0.484 e. The Balaban J connectivity index is 1.51. The molecular formula is C19H19F3N4O4. The monoisotopic (exact) mass is 424 g/mol. The van der Waals surface area contributed by atoms with Crippen molar-refractivity contribution in [1.82, 2.24) is 9.88 Å². The van der Waals surface area contributed by atoms with Crippen LogP contribution in [-0.2, 0) is 6.61 Å². The van der Waals surface area contributed by atoms with Crippen molar-refractivity contribution >= 4 is 12.1 Å². The number of likely N-dealkylation sites (tertiary alicyclic amines) is 1. The van der Waals surface area contributed by atoms with Gasteiger partial charge in [0.1, 0.15) is 17.8 Å². The Hall–Kier alpha value is -3.50. The Morgan fingerprint density at radius 3 is 2.77 bits per heavy atom. The Morgan fingerprint density at radius 2 is 2.07 bits per heavy atom. The number of hydrogen-bond donors (Lipinski definition) is 1. The minimum absolute atomic E-state index is 0.00384. The summed E-state index contributed by atoms with van der Waals surface area (Å²) in [5.74, 6) is -0.171. The van der Waals surface area contributed by atoms with Gasteiger partial charge in [0.15, 0.2) is 12.3 Å². The van der Waals surface area contributed by atoms with E-state index < -0.39 is 6.36 Å². The maximum atomic E-state index is 12.5. The molecule has 1 aliphatic heterocycles. The van der Waals surface area contributed by atoms with Gasteiger partial charge in [-0.15, -0.1) is 13.2 Å². The highest BCUT2D eigenvalue weighted by Gasteiger charge is 2.31. The van der Waals surface area contributed by atoms with Crippen molar-refractivity contribution in [2.24, 2.45) is 10.7 Å². The molecule has 0 aliphatic carbocycles. The molecule has 1 aromatic carbocycles. The Morgan fingerprint density at radius 1 is 1.33 bits per heavy atom. The van der Waals surface area contributed by atoms with Crippen molar-refractivity contribution in [2.45, 2.75) is 25.4 Å². The lowest BCUT2D eigenvalue weighted by atomic mass is 10.3. The van der Waals surface area contributed by atoms with E-state index in [-0.39, 0.29) is 35.9 Å². The molecule has 1 aromatic heterocycles. The van der Waals surface area contributed by atoms with Gasteiger partial charge in [-0.25, -0.2) is 4.98 Å². The maximum Gasteiger partial charge on any atom is 0.573 e. The van der Waals surface area contributed by atoms with Gasteiger partial charge in [-0.1, -0.05) is 0 Å². The molecule has 1 amide bonds. The second-order valence-electron chi connectivity index (χ2n) is 6.31. The minimum atomic E-state index is -4.76. The van der Waals surface area contributed by atoms with E-state index in [1.54, 1.807) is 17.2 Å². The molecule has 11 heteroatoms. The molecule has 2 aromatic rings. The topological polar surface area (TPSA) is 103 Å². The van der Waals surface area contributed by atoms with Crippen LogP contribution in [0.4, 0.5) is 13.2 Å². The summed E-state index contributed by atoms with van der Waals surface area (Å²) in [4.78, 5) is 22.6. The first-order valence-electron chi connectivity index (χ1n) is 8.96. The van der Waals surface area contributed by atoms with Crippen LogP contribution in [0.3, 0.4) is 0 Å². The van der Waals surface area contributed by atoms with Gasteiger partial charge in [0.05, 0.1) is 6.04 Å². The van der Waals surface area contributed by atoms with Crippen molar-refractivity contribution in [2.75, 3.05) is 13.1 Å². The SMILES string of the molecule is N/C=C\C=NC1CCN(C(=O)c2coc(COc3ccc(OC(F)(F)F)cc3)n2)C1. The van der Waals surface area contributed by atoms with Crippen LogP contribution < -0.4 is 15.2 Å². The molecule has 1 fully saturated rings. The van der Waals surface area contributed by atoms with Crippen LogP contribution in [0.15, 0.2) is 52.2 Å². The molecule has 1 aliphatic rings. The summed E-state index contributed by atoms with van der Waals surface area (Å²) in [5, 5.41) is 0. The first-order chi connectivity index (χ1) is 14.3. The van der Waals surface area contributed by atoms with Crippen LogP contribution in [0.5, 0.6) is 11.5 Å². The number of amides is 1. The number of nitrogens with two attached hydrogens (primary N) is 1. The van der Waals surface area contributed by atoms with Crippen molar-refractivity contribution < 1.29 is 31.9 Å². The lowest BCUT2D eigenvalue weighted by Crippen LogP contribution is -2.29. The van der Waals surface area contributed by atoms with E-state index in [1.807, 2.05) is 0 Å². The number of nitrogens with zero attached hydrogens (tertiary/aromatic N) is 3. The highest BCUT2D eigenvalue weighted by molar-refractivity contribution is 5.92. The third-order valence-corrected chi connectivity index (χ3v) is 4.14. The quantitative estimate of drug-likeness (QED) is 0.686. The number of benzene rings is 1. The summed E-state index contributed by atoms with van der Waals surface area (Å²) in [6.45, 7) is 0.933. The second kappa shape index (κ2) is 9.33. The number of rotatable bonds is 7. The largest absolute Gasteiger partial charge is 0.573 e. The van der Waals surface area contributed by atoms with Crippen LogP contribution in [0.1, 0.15) is 22.8 Å². The maximum absolute atomic E-state index is 12.5. The molecule has 0 radical (unpaired) electrons. The van der Waals surface area contributed by atoms with Gasteiger partial charge in [0, 0.05) is 19.3 Å². The molecule has 0 bridgehead atoms. The lowest BCUT2D eigenvalue weighted by molar-refractivity contribution is -0.274. The average Bonchev–Trinajstić information content (AvgIpc) is 3.36. The van der Waals surface area contributed by atoms with E-state index in [0.29, 0.717) is 18.8 Å². The first-order valence-corrected chi connectivity index (χ1v) is 8.96. The van der Waals surface area contributed by atoms with Crippen molar-refractivity contribution in [3.05, 3.63) is 54.4 Å². The number of alkyl halides is 3. The summed E-state index contributed by atoms with van der Waals surface area (Å²) in [6, 6.07) is 4.90. The number of oxazole rings is 1. The van der Waals surface area contributed by atoms with E-state index in [0.717, 1.165) is 18.6 Å². The normalized spacial score (nSPS) is 17.2. The van der Waals surface area contributed by atoms with E-state index in [2.05, 4.69) is 14.7 Å². The number of halogens is 3. The summed E-state index contributed by atoms with van der Waals surface area (Å²) in [7, 11) is 0. The first kappa shape index (κ1) is 21.2. The molecule has 1 saturated heterocycles. The van der Waals surface area contributed by atoms with E-state index in [4.69, 9.17) is 14.9 Å². The number of ether oxygens (including phenoxy) is 2. The fraction of sp³-hybridized carbons (Fsp3) is 0.316. The molecule has 0 saturated carbocycles. The van der Waals surface area contributed by atoms with Gasteiger partial charge < -0.3 is 24.5 Å². The summed E-state index contributed by atoms with van der Waals surface area (Å²) in [5.41, 5.74) is 5.39. The van der Waals surface area contributed by atoms with Crippen molar-refractivity contribution in [3.8, 4) is 11.5 Å². The molecule has 1 atom stereocenters. The molecule has 1 unspecified atom stereocenters. The number of aromatic nitrogens is 1. The van der Waals surface area contributed by atoms with Crippen LogP contribution in [0, 0.1) is 0 Å². The van der Waals surface area contributed by atoms with Crippen LogP contribution in [0.25, 0.3) is 0 Å². The lowest BCUT2D eigenvalue weighted by Gasteiger charge is -2.13. The summed E-state index contributed by atoms with van der Waals surface area (Å²) in [6.07, 6.45) is 1.83.